The van der Waals surface area contributed by atoms with E-state index < -0.39 is 10.8 Å². The van der Waals surface area contributed by atoms with Gasteiger partial charge in [-0.3, -0.25) is 14.9 Å². The van der Waals surface area contributed by atoms with Gasteiger partial charge in [-0.25, -0.2) is 0 Å². The fourth-order valence-corrected chi connectivity index (χ4v) is 4.16. The summed E-state index contributed by atoms with van der Waals surface area (Å²) in [7, 11) is 0. The Kier molecular flexibility index (Phi) is 7.76. The Labute approximate surface area is 200 Å². The number of amides is 1. The van der Waals surface area contributed by atoms with Crippen molar-refractivity contribution in [2.45, 2.75) is 6.61 Å². The highest BCUT2D eigenvalue weighted by atomic mass is 79.9. The normalized spacial score (nSPS) is 10.8. The van der Waals surface area contributed by atoms with Gasteiger partial charge in [0.15, 0.2) is 0 Å². The summed E-state index contributed by atoms with van der Waals surface area (Å²) in [5.74, 6) is 0.0113. The number of rotatable bonds is 7. The molecule has 0 radical (unpaired) electrons. The summed E-state index contributed by atoms with van der Waals surface area (Å²) in [4.78, 5) is 22.7. The van der Waals surface area contributed by atoms with E-state index in [0.717, 1.165) is 5.56 Å². The van der Waals surface area contributed by atoms with Crippen molar-refractivity contribution in [3.63, 3.8) is 0 Å². The van der Waals surface area contributed by atoms with E-state index in [0.29, 0.717) is 25.9 Å². The second-order valence-electron chi connectivity index (χ2n) is 6.52. The van der Waals surface area contributed by atoms with E-state index in [1.54, 1.807) is 48.5 Å². The number of anilines is 1. The minimum atomic E-state index is -0.510. The molecule has 0 aromatic heterocycles. The molecular weight excluding hydrogens is 542 g/mol. The second kappa shape index (κ2) is 10.7. The predicted octanol–water partition coefficient (Wildman–Crippen LogP) is 6.24. The first-order chi connectivity index (χ1) is 15.4. The van der Waals surface area contributed by atoms with E-state index in [2.05, 4.69) is 37.2 Å². The quantitative estimate of drug-likeness (QED) is 0.160. The highest BCUT2D eigenvalue weighted by Gasteiger charge is 2.13. The van der Waals surface area contributed by atoms with E-state index in [4.69, 9.17) is 4.74 Å². The van der Waals surface area contributed by atoms with Gasteiger partial charge in [-0.1, -0.05) is 18.2 Å². The number of carbonyl (C=O) groups excluding carboxylic acids is 1. The Hall–Kier alpha value is -3.48. The molecule has 0 heterocycles. The number of hydrogen-bond acceptors (Lipinski definition) is 5. The largest absolute Gasteiger partial charge is 0.487 e. The van der Waals surface area contributed by atoms with Crippen molar-refractivity contribution >= 4 is 55.2 Å². The third-order valence-corrected chi connectivity index (χ3v) is 5.44. The van der Waals surface area contributed by atoms with Gasteiger partial charge in [-0.05, 0) is 85.5 Å². The maximum atomic E-state index is 12.4. The third kappa shape index (κ3) is 6.03. The second-order valence-corrected chi connectivity index (χ2v) is 8.22. The number of benzene rings is 3. The zero-order valence-corrected chi connectivity index (χ0v) is 19.6. The molecule has 0 bridgehead atoms. The van der Waals surface area contributed by atoms with Crippen LogP contribution in [0, 0.1) is 21.4 Å². The molecule has 9 heteroatoms. The van der Waals surface area contributed by atoms with Crippen LogP contribution in [-0.2, 0) is 11.4 Å². The Balaban J connectivity index is 1.74. The average Bonchev–Trinajstić information content (AvgIpc) is 2.77. The average molecular weight is 557 g/mol. The van der Waals surface area contributed by atoms with Crippen LogP contribution in [0.4, 0.5) is 11.4 Å². The molecule has 0 aliphatic heterocycles. The molecule has 0 saturated heterocycles. The van der Waals surface area contributed by atoms with Crippen molar-refractivity contribution in [2.24, 2.45) is 0 Å². The van der Waals surface area contributed by atoms with Crippen LogP contribution in [0.3, 0.4) is 0 Å². The van der Waals surface area contributed by atoms with E-state index in [1.165, 1.54) is 18.2 Å². The third-order valence-electron chi connectivity index (χ3n) is 4.26. The van der Waals surface area contributed by atoms with Crippen LogP contribution in [0.5, 0.6) is 5.75 Å². The van der Waals surface area contributed by atoms with Gasteiger partial charge < -0.3 is 10.1 Å². The Bertz CT molecular complexity index is 1200. The minimum absolute atomic E-state index is 0.0110. The summed E-state index contributed by atoms with van der Waals surface area (Å²) in [6.45, 7) is 0.202. The van der Waals surface area contributed by atoms with E-state index in [1.807, 2.05) is 12.1 Å². The number of carbonyl (C=O) groups is 1. The van der Waals surface area contributed by atoms with Gasteiger partial charge in [-0.2, -0.15) is 5.26 Å². The maximum absolute atomic E-state index is 12.4. The smallest absolute Gasteiger partial charge is 0.269 e. The maximum Gasteiger partial charge on any atom is 0.269 e. The zero-order valence-electron chi connectivity index (χ0n) is 16.4. The number of hydrogen-bond donors (Lipinski definition) is 1. The Morgan fingerprint density at radius 3 is 2.28 bits per heavy atom. The molecule has 0 fully saturated rings. The summed E-state index contributed by atoms with van der Waals surface area (Å²) in [5.41, 5.74) is 1.94. The molecule has 1 N–H and O–H groups in total. The molecule has 0 atom stereocenters. The molecule has 0 aliphatic carbocycles. The summed E-state index contributed by atoms with van der Waals surface area (Å²) >= 11 is 6.90. The zero-order chi connectivity index (χ0) is 23.1. The van der Waals surface area contributed by atoms with Crippen molar-refractivity contribution in [1.29, 1.82) is 5.26 Å². The van der Waals surface area contributed by atoms with Crippen molar-refractivity contribution < 1.29 is 14.5 Å². The van der Waals surface area contributed by atoms with Crippen LogP contribution in [0.25, 0.3) is 6.08 Å². The van der Waals surface area contributed by atoms with Gasteiger partial charge in [0.1, 0.15) is 24.0 Å². The molecule has 1 amide bonds. The number of nitrogens with zero attached hydrogens (tertiary/aromatic N) is 2. The van der Waals surface area contributed by atoms with Crippen LogP contribution in [0.2, 0.25) is 0 Å². The molecular formula is C23H15Br2N3O4. The monoisotopic (exact) mass is 555 g/mol. The van der Waals surface area contributed by atoms with Crippen molar-refractivity contribution in [3.05, 3.63) is 102 Å². The highest BCUT2D eigenvalue weighted by Crippen LogP contribution is 2.36. The van der Waals surface area contributed by atoms with Crippen LogP contribution in [0.15, 0.2) is 81.2 Å². The molecule has 160 valence electrons. The van der Waals surface area contributed by atoms with Gasteiger partial charge in [0.2, 0.25) is 0 Å². The van der Waals surface area contributed by atoms with Gasteiger partial charge >= 0.3 is 0 Å². The van der Waals surface area contributed by atoms with Crippen LogP contribution >= 0.6 is 31.9 Å². The SMILES string of the molecule is N#C/C(=C/c1cc(Br)c(OCc2ccc([N+](=O)[O-])cc2)c(Br)c1)C(=O)Nc1ccccc1. The van der Waals surface area contributed by atoms with E-state index >= 15 is 0 Å². The molecule has 0 saturated carbocycles. The Morgan fingerprint density at radius 2 is 1.72 bits per heavy atom. The highest BCUT2D eigenvalue weighted by molar-refractivity contribution is 9.11. The lowest BCUT2D eigenvalue weighted by atomic mass is 10.1. The number of halogens is 2. The van der Waals surface area contributed by atoms with Gasteiger partial charge in [0, 0.05) is 17.8 Å². The van der Waals surface area contributed by atoms with Crippen LogP contribution in [0.1, 0.15) is 11.1 Å². The van der Waals surface area contributed by atoms with Crippen molar-refractivity contribution in [2.75, 3.05) is 5.32 Å². The first kappa shape index (κ1) is 23.2. The van der Waals surface area contributed by atoms with Gasteiger partial charge in [0.05, 0.1) is 13.9 Å². The summed E-state index contributed by atoms with van der Waals surface area (Å²) in [6, 6.07) is 20.3. The lowest BCUT2D eigenvalue weighted by Gasteiger charge is -2.12. The van der Waals surface area contributed by atoms with Gasteiger partial charge in [0.25, 0.3) is 11.6 Å². The number of ether oxygens (including phenoxy) is 1. The molecule has 3 aromatic rings. The molecule has 0 unspecified atom stereocenters. The van der Waals surface area contributed by atoms with Crippen molar-refractivity contribution in [3.8, 4) is 11.8 Å². The molecule has 0 aliphatic rings. The van der Waals surface area contributed by atoms with Crippen LogP contribution in [-0.4, -0.2) is 10.8 Å². The Morgan fingerprint density at radius 1 is 1.09 bits per heavy atom. The lowest BCUT2D eigenvalue weighted by Crippen LogP contribution is -2.13. The number of nitrogens with one attached hydrogen (secondary N) is 1. The fraction of sp³-hybridized carbons (Fsp3) is 0.0435. The van der Waals surface area contributed by atoms with Gasteiger partial charge in [-0.15, -0.1) is 0 Å². The molecule has 32 heavy (non-hydrogen) atoms. The first-order valence-corrected chi connectivity index (χ1v) is 10.8. The fourth-order valence-electron chi connectivity index (χ4n) is 2.71. The van der Waals surface area contributed by atoms with E-state index in [9.17, 15) is 20.2 Å². The number of nitro groups is 1. The standard InChI is InChI=1S/C23H15Br2N3O4/c24-20-11-16(10-17(13-26)23(29)27-18-4-2-1-3-5-18)12-21(25)22(20)32-14-15-6-8-19(9-7-15)28(30)31/h1-12H,14H2,(H,27,29)/b17-10-. The van der Waals surface area contributed by atoms with Crippen molar-refractivity contribution in [1.82, 2.24) is 0 Å². The number of para-hydroxylation sites is 1. The number of nitriles is 1. The molecule has 7 nitrogen and oxygen atoms in total. The predicted molar refractivity (Wildman–Crippen MR) is 128 cm³/mol. The summed E-state index contributed by atoms with van der Waals surface area (Å²) in [5, 5.41) is 22.9. The molecule has 3 rings (SSSR count). The van der Waals surface area contributed by atoms with Crippen LogP contribution < -0.4 is 10.1 Å². The molecule has 3 aromatic carbocycles. The topological polar surface area (TPSA) is 105 Å². The summed E-state index contributed by atoms with van der Waals surface area (Å²) in [6.07, 6.45) is 1.48. The minimum Gasteiger partial charge on any atom is -0.487 e. The molecule has 0 spiro atoms. The van der Waals surface area contributed by atoms with E-state index in [-0.39, 0.29) is 17.9 Å². The first-order valence-electron chi connectivity index (χ1n) is 9.20. The number of non-ortho nitro benzene ring substituents is 1. The summed E-state index contributed by atoms with van der Waals surface area (Å²) < 4.78 is 7.06. The lowest BCUT2D eigenvalue weighted by molar-refractivity contribution is -0.384. The number of nitro benzene ring substituents is 1.